The van der Waals surface area contributed by atoms with Crippen LogP contribution in [0.15, 0.2) is 0 Å². The number of amides is 1. The lowest BCUT2D eigenvalue weighted by Gasteiger charge is -2.23. The van der Waals surface area contributed by atoms with Gasteiger partial charge in [-0.2, -0.15) is 0 Å². The molecule has 0 rings (SSSR count). The van der Waals surface area contributed by atoms with Crippen molar-refractivity contribution in [3.8, 4) is 0 Å². The third-order valence-electron chi connectivity index (χ3n) is 1.85. The normalized spacial score (nSPS) is 12.7. The molecule has 4 nitrogen and oxygen atoms in total. The van der Waals surface area contributed by atoms with Crippen LogP contribution in [0.1, 0.15) is 13.8 Å². The van der Waals surface area contributed by atoms with E-state index in [1.54, 1.807) is 4.90 Å². The Morgan fingerprint density at radius 2 is 2.00 bits per heavy atom. The Kier molecular flexibility index (Phi) is 5.66. The largest absolute Gasteiger partial charge is 0.370 e. The number of nitrogens with two attached hydrogens (primary N) is 1. The summed E-state index contributed by atoms with van der Waals surface area (Å²) in [6, 6.07) is 0. The topological polar surface area (TPSA) is 55.6 Å². The van der Waals surface area contributed by atoms with E-state index in [1.165, 1.54) is 7.11 Å². The van der Waals surface area contributed by atoms with Crippen LogP contribution in [-0.4, -0.2) is 43.7 Å². The van der Waals surface area contributed by atoms with Crippen LogP contribution in [-0.2, 0) is 9.53 Å². The van der Waals surface area contributed by atoms with Gasteiger partial charge in [0.2, 0.25) is 0 Å². The number of methoxy groups -OCH3 is 1. The van der Waals surface area contributed by atoms with Crippen LogP contribution < -0.4 is 5.73 Å². The molecule has 0 aromatic carbocycles. The number of hydrogen-bond acceptors (Lipinski definition) is 3. The van der Waals surface area contributed by atoms with Crippen LogP contribution in [0.4, 0.5) is 0 Å². The molecule has 0 aromatic rings. The zero-order chi connectivity index (χ0) is 9.56. The minimum atomic E-state index is -0.482. The number of rotatable bonds is 5. The van der Waals surface area contributed by atoms with Gasteiger partial charge in [0.25, 0.3) is 5.91 Å². The van der Waals surface area contributed by atoms with Gasteiger partial charge in [-0.25, -0.2) is 0 Å². The monoisotopic (exact) mass is 174 g/mol. The highest BCUT2D eigenvalue weighted by molar-refractivity contribution is 5.81. The molecular weight excluding hydrogens is 156 g/mol. The van der Waals surface area contributed by atoms with Gasteiger partial charge in [-0.05, 0) is 13.8 Å². The van der Waals surface area contributed by atoms with E-state index in [0.717, 1.165) is 0 Å². The van der Waals surface area contributed by atoms with Gasteiger partial charge in [-0.1, -0.05) is 0 Å². The van der Waals surface area contributed by atoms with Gasteiger partial charge in [0, 0.05) is 26.7 Å². The number of carbonyl (C=O) groups is 1. The lowest BCUT2D eigenvalue weighted by molar-refractivity contribution is -0.140. The molecule has 1 amide bonds. The van der Waals surface area contributed by atoms with Gasteiger partial charge in [0.1, 0.15) is 6.10 Å². The smallest absolute Gasteiger partial charge is 0.252 e. The molecule has 0 fully saturated rings. The summed E-state index contributed by atoms with van der Waals surface area (Å²) in [6.07, 6.45) is -0.482. The third-order valence-corrected chi connectivity index (χ3v) is 1.85. The van der Waals surface area contributed by atoms with Crippen molar-refractivity contribution >= 4 is 5.91 Å². The lowest BCUT2D eigenvalue weighted by Crippen LogP contribution is -2.43. The van der Waals surface area contributed by atoms with Crippen LogP contribution in [0.25, 0.3) is 0 Å². The van der Waals surface area contributed by atoms with E-state index in [2.05, 4.69) is 0 Å². The van der Waals surface area contributed by atoms with Crippen molar-refractivity contribution in [2.24, 2.45) is 5.73 Å². The summed E-state index contributed by atoms with van der Waals surface area (Å²) in [5.41, 5.74) is 5.36. The van der Waals surface area contributed by atoms with E-state index in [0.29, 0.717) is 13.1 Å². The number of nitrogens with zero attached hydrogens (tertiary/aromatic N) is 1. The SMILES string of the molecule is CCN(CC)C(=O)C(CN)OC. The highest BCUT2D eigenvalue weighted by Gasteiger charge is 2.19. The first-order valence-electron chi connectivity index (χ1n) is 4.22. The van der Waals surface area contributed by atoms with Gasteiger partial charge in [0.15, 0.2) is 0 Å². The summed E-state index contributed by atoms with van der Waals surface area (Å²) >= 11 is 0. The number of ether oxygens (including phenoxy) is 1. The van der Waals surface area contributed by atoms with Crippen molar-refractivity contribution in [3.05, 3.63) is 0 Å². The van der Waals surface area contributed by atoms with E-state index in [9.17, 15) is 4.79 Å². The molecule has 0 aromatic heterocycles. The van der Waals surface area contributed by atoms with Crippen molar-refractivity contribution in [1.29, 1.82) is 0 Å². The molecule has 0 aliphatic rings. The first kappa shape index (κ1) is 11.4. The maximum Gasteiger partial charge on any atom is 0.252 e. The summed E-state index contributed by atoms with van der Waals surface area (Å²) in [4.78, 5) is 13.2. The first-order valence-corrected chi connectivity index (χ1v) is 4.22. The Bertz CT molecular complexity index is 117. The fourth-order valence-electron chi connectivity index (χ4n) is 1.04. The van der Waals surface area contributed by atoms with Gasteiger partial charge < -0.3 is 15.4 Å². The van der Waals surface area contributed by atoms with Gasteiger partial charge in [-0.3, -0.25) is 4.79 Å². The Morgan fingerprint density at radius 3 is 2.25 bits per heavy atom. The Labute approximate surface area is 73.7 Å². The standard InChI is InChI=1S/C8H18N2O2/c1-4-10(5-2)8(11)7(6-9)12-3/h7H,4-6,9H2,1-3H3. The van der Waals surface area contributed by atoms with E-state index in [-0.39, 0.29) is 12.5 Å². The van der Waals surface area contributed by atoms with Gasteiger partial charge >= 0.3 is 0 Å². The van der Waals surface area contributed by atoms with Crippen LogP contribution in [0, 0.1) is 0 Å². The van der Waals surface area contributed by atoms with Crippen molar-refractivity contribution in [2.45, 2.75) is 20.0 Å². The van der Waals surface area contributed by atoms with Crippen molar-refractivity contribution in [3.63, 3.8) is 0 Å². The highest BCUT2D eigenvalue weighted by Crippen LogP contribution is 1.96. The molecule has 0 aliphatic heterocycles. The Morgan fingerprint density at radius 1 is 1.50 bits per heavy atom. The van der Waals surface area contributed by atoms with E-state index in [1.807, 2.05) is 13.8 Å². The van der Waals surface area contributed by atoms with Gasteiger partial charge in [-0.15, -0.1) is 0 Å². The van der Waals surface area contributed by atoms with E-state index >= 15 is 0 Å². The number of carbonyl (C=O) groups excluding carboxylic acids is 1. The molecule has 0 heterocycles. The lowest BCUT2D eigenvalue weighted by atomic mass is 10.3. The first-order chi connectivity index (χ1) is 5.71. The molecule has 4 heteroatoms. The van der Waals surface area contributed by atoms with Crippen molar-refractivity contribution in [2.75, 3.05) is 26.7 Å². The fraction of sp³-hybridized carbons (Fsp3) is 0.875. The molecule has 12 heavy (non-hydrogen) atoms. The van der Waals surface area contributed by atoms with E-state index in [4.69, 9.17) is 10.5 Å². The zero-order valence-corrected chi connectivity index (χ0v) is 8.04. The number of hydrogen-bond donors (Lipinski definition) is 1. The molecule has 0 saturated heterocycles. The molecule has 0 bridgehead atoms. The summed E-state index contributed by atoms with van der Waals surface area (Å²) in [7, 11) is 1.50. The molecule has 1 unspecified atom stereocenters. The van der Waals surface area contributed by atoms with Crippen LogP contribution >= 0.6 is 0 Å². The predicted octanol–water partition coefficient (Wildman–Crippen LogP) is -0.171. The molecule has 1 atom stereocenters. The second kappa shape index (κ2) is 5.97. The minimum Gasteiger partial charge on any atom is -0.370 e. The average molecular weight is 174 g/mol. The summed E-state index contributed by atoms with van der Waals surface area (Å²) in [5.74, 6) is -0.0231. The number of likely N-dealkylation sites (N-methyl/N-ethyl adjacent to an activating group) is 1. The maximum atomic E-state index is 11.5. The Hall–Kier alpha value is -0.610. The average Bonchev–Trinajstić information content (AvgIpc) is 2.09. The molecule has 0 aliphatic carbocycles. The summed E-state index contributed by atoms with van der Waals surface area (Å²) in [6.45, 7) is 5.52. The van der Waals surface area contributed by atoms with Crippen molar-refractivity contribution in [1.82, 2.24) is 4.90 Å². The molecule has 0 saturated carbocycles. The van der Waals surface area contributed by atoms with Crippen LogP contribution in [0.5, 0.6) is 0 Å². The second-order valence-electron chi connectivity index (χ2n) is 2.47. The third kappa shape index (κ3) is 2.79. The minimum absolute atomic E-state index is 0.0231. The van der Waals surface area contributed by atoms with E-state index < -0.39 is 6.10 Å². The van der Waals surface area contributed by atoms with Crippen LogP contribution in [0.2, 0.25) is 0 Å². The molecule has 0 spiro atoms. The predicted molar refractivity (Wildman–Crippen MR) is 47.8 cm³/mol. The second-order valence-corrected chi connectivity index (χ2v) is 2.47. The Balaban J connectivity index is 4.12. The molecular formula is C8H18N2O2. The molecule has 72 valence electrons. The maximum absolute atomic E-state index is 11.5. The molecule has 2 N–H and O–H groups in total. The highest BCUT2D eigenvalue weighted by atomic mass is 16.5. The zero-order valence-electron chi connectivity index (χ0n) is 8.04. The summed E-state index contributed by atoms with van der Waals surface area (Å²) in [5, 5.41) is 0. The van der Waals surface area contributed by atoms with Gasteiger partial charge in [0.05, 0.1) is 0 Å². The molecule has 0 radical (unpaired) electrons. The fourth-order valence-corrected chi connectivity index (χ4v) is 1.04. The summed E-state index contributed by atoms with van der Waals surface area (Å²) < 4.78 is 4.93. The van der Waals surface area contributed by atoms with Crippen LogP contribution in [0.3, 0.4) is 0 Å². The van der Waals surface area contributed by atoms with Crippen molar-refractivity contribution < 1.29 is 9.53 Å². The quantitative estimate of drug-likeness (QED) is 0.629.